The van der Waals surface area contributed by atoms with Crippen molar-refractivity contribution in [1.82, 2.24) is 9.97 Å². The van der Waals surface area contributed by atoms with Gasteiger partial charge < -0.3 is 0 Å². The molecule has 0 radical (unpaired) electrons. The van der Waals surface area contributed by atoms with Gasteiger partial charge in [-0.1, -0.05) is 116 Å². The Labute approximate surface area is 295 Å². The average molecular weight is 661 g/mol. The van der Waals surface area contributed by atoms with Gasteiger partial charge in [0.1, 0.15) is 5.82 Å². The van der Waals surface area contributed by atoms with Crippen molar-refractivity contribution in [3.05, 3.63) is 142 Å². The summed E-state index contributed by atoms with van der Waals surface area (Å²) in [5.41, 5.74) is 7.89. The van der Waals surface area contributed by atoms with E-state index >= 15 is 0 Å². The molecule has 1 aliphatic heterocycles. The summed E-state index contributed by atoms with van der Waals surface area (Å²) in [4.78, 5) is 42.4. The number of carbonyl (C=O) groups is 2. The molecular formula is C44H44N4O2. The number of ketones is 2. The molecule has 0 unspecified atom stereocenters. The fourth-order valence-electron chi connectivity index (χ4n) is 7.40. The molecular weight excluding hydrogens is 617 g/mol. The molecule has 5 aromatic rings. The van der Waals surface area contributed by atoms with Crippen LogP contribution in [0.1, 0.15) is 122 Å². The Bertz CT molecular complexity index is 2040. The van der Waals surface area contributed by atoms with Crippen LogP contribution >= 0.6 is 0 Å². The number of rotatable bonds is 7. The maximum Gasteiger partial charge on any atom is 0.197 e. The minimum absolute atomic E-state index is 0.155. The molecule has 7 rings (SSSR count). The molecule has 4 aromatic carbocycles. The summed E-state index contributed by atoms with van der Waals surface area (Å²) in [6.45, 7) is 17.7. The zero-order valence-corrected chi connectivity index (χ0v) is 30.2. The predicted molar refractivity (Wildman–Crippen MR) is 204 cm³/mol. The third-order valence-electron chi connectivity index (χ3n) is 9.94. The zero-order chi connectivity index (χ0) is 35.4. The Balaban J connectivity index is 1.53. The lowest BCUT2D eigenvalue weighted by Crippen LogP contribution is -2.26. The van der Waals surface area contributed by atoms with Crippen molar-refractivity contribution in [2.24, 2.45) is 0 Å². The third-order valence-corrected chi connectivity index (χ3v) is 9.94. The first-order valence-corrected chi connectivity index (χ1v) is 17.7. The summed E-state index contributed by atoms with van der Waals surface area (Å²) in [6.07, 6.45) is 7.13. The SMILES string of the molecule is CC(C)c1cccc(C(C)C)c1N1C(=CC=C2C(=O)c3cc4ccccc4cc3C2=O)N(c2c(C(C)C)cccc2C(C)C)c2nccnc21. The van der Waals surface area contributed by atoms with Gasteiger partial charge in [0.05, 0.1) is 16.9 Å². The molecule has 0 fully saturated rings. The summed E-state index contributed by atoms with van der Waals surface area (Å²) < 4.78 is 0. The number of hydrogen-bond donors (Lipinski definition) is 0. The Morgan fingerprint density at radius 2 is 0.900 bits per heavy atom. The number of para-hydroxylation sites is 2. The molecule has 50 heavy (non-hydrogen) atoms. The van der Waals surface area contributed by atoms with Crippen molar-refractivity contribution < 1.29 is 9.59 Å². The second kappa shape index (κ2) is 12.8. The van der Waals surface area contributed by atoms with E-state index in [-0.39, 0.29) is 40.8 Å². The number of allylic oxidation sites excluding steroid dienone is 3. The molecule has 0 N–H and O–H groups in total. The van der Waals surface area contributed by atoms with Crippen LogP contribution in [-0.4, -0.2) is 21.5 Å². The van der Waals surface area contributed by atoms with Gasteiger partial charge in [-0.3, -0.25) is 19.4 Å². The second-order valence-corrected chi connectivity index (χ2v) is 14.6. The lowest BCUT2D eigenvalue weighted by atomic mass is 9.91. The first-order valence-electron chi connectivity index (χ1n) is 17.7. The van der Waals surface area contributed by atoms with E-state index in [9.17, 15) is 9.59 Å². The molecule has 252 valence electrons. The summed E-state index contributed by atoms with van der Waals surface area (Å²) in [6, 6.07) is 24.5. The van der Waals surface area contributed by atoms with Gasteiger partial charge in [-0.2, -0.15) is 0 Å². The molecule has 6 nitrogen and oxygen atoms in total. The van der Waals surface area contributed by atoms with Crippen LogP contribution in [-0.2, 0) is 0 Å². The van der Waals surface area contributed by atoms with E-state index in [0.29, 0.717) is 22.8 Å². The molecule has 0 saturated heterocycles. The Kier molecular flexibility index (Phi) is 8.51. The van der Waals surface area contributed by atoms with E-state index in [1.54, 1.807) is 18.5 Å². The molecule has 2 heterocycles. The largest absolute Gasteiger partial charge is 0.288 e. The number of aromatic nitrogens is 2. The Morgan fingerprint density at radius 1 is 0.520 bits per heavy atom. The van der Waals surface area contributed by atoms with Gasteiger partial charge in [-0.25, -0.2) is 9.97 Å². The highest BCUT2D eigenvalue weighted by molar-refractivity contribution is 6.40. The summed E-state index contributed by atoms with van der Waals surface area (Å²) in [7, 11) is 0. The van der Waals surface area contributed by atoms with Crippen molar-refractivity contribution >= 4 is 45.3 Å². The highest BCUT2D eigenvalue weighted by Crippen LogP contribution is 2.53. The molecule has 2 aliphatic rings. The number of benzene rings is 4. The van der Waals surface area contributed by atoms with Gasteiger partial charge in [0.25, 0.3) is 0 Å². The van der Waals surface area contributed by atoms with E-state index in [1.807, 2.05) is 42.5 Å². The van der Waals surface area contributed by atoms with Crippen molar-refractivity contribution in [2.45, 2.75) is 79.1 Å². The van der Waals surface area contributed by atoms with E-state index in [1.165, 1.54) is 22.3 Å². The van der Waals surface area contributed by atoms with Crippen LogP contribution in [0.5, 0.6) is 0 Å². The lowest BCUT2D eigenvalue weighted by molar-refractivity contribution is 0.0988. The smallest absolute Gasteiger partial charge is 0.197 e. The minimum atomic E-state index is -0.256. The van der Waals surface area contributed by atoms with Gasteiger partial charge in [-0.15, -0.1) is 0 Å². The third kappa shape index (κ3) is 5.34. The highest BCUT2D eigenvalue weighted by Gasteiger charge is 2.41. The van der Waals surface area contributed by atoms with E-state index in [4.69, 9.17) is 9.97 Å². The predicted octanol–water partition coefficient (Wildman–Crippen LogP) is 11.3. The molecule has 1 aliphatic carbocycles. The number of anilines is 4. The topological polar surface area (TPSA) is 66.4 Å². The summed E-state index contributed by atoms with van der Waals surface area (Å²) >= 11 is 0. The van der Waals surface area contributed by atoms with Crippen LogP contribution in [0, 0.1) is 0 Å². The second-order valence-electron chi connectivity index (χ2n) is 14.6. The fraction of sp³-hybridized carbons (Fsp3) is 0.273. The number of fused-ring (bicyclic) bond motifs is 3. The Morgan fingerprint density at radius 3 is 1.26 bits per heavy atom. The van der Waals surface area contributed by atoms with Crippen LogP contribution in [0.4, 0.5) is 23.0 Å². The van der Waals surface area contributed by atoms with Crippen LogP contribution < -0.4 is 9.80 Å². The number of carbonyl (C=O) groups excluding carboxylic acids is 2. The summed E-state index contributed by atoms with van der Waals surface area (Å²) in [5, 5.41) is 1.87. The van der Waals surface area contributed by atoms with Crippen molar-refractivity contribution in [1.29, 1.82) is 0 Å². The molecule has 0 atom stereocenters. The zero-order valence-electron chi connectivity index (χ0n) is 30.2. The normalized spacial score (nSPS) is 14.2. The van der Waals surface area contributed by atoms with Crippen LogP contribution in [0.25, 0.3) is 10.8 Å². The van der Waals surface area contributed by atoms with Crippen LogP contribution in [0.2, 0.25) is 0 Å². The standard InChI is InChI=1S/C44H44N4O2/c1-25(2)31-15-11-16-32(26(3)4)39(31)47-38(20-19-35-41(49)36-23-29-13-9-10-14-30(29)24-37(36)42(35)50)48(44-43(47)45-21-22-46-44)40-33(27(5)6)17-12-18-34(40)28(7)8/h9-28H,1-8H3. The van der Waals surface area contributed by atoms with Gasteiger partial charge >= 0.3 is 0 Å². The monoisotopic (exact) mass is 660 g/mol. The lowest BCUT2D eigenvalue weighted by Gasteiger charge is -2.32. The van der Waals surface area contributed by atoms with Crippen molar-refractivity contribution in [3.63, 3.8) is 0 Å². The maximum atomic E-state index is 14.0. The molecule has 6 heteroatoms. The van der Waals surface area contributed by atoms with Crippen molar-refractivity contribution in [3.8, 4) is 0 Å². The fourth-order valence-corrected chi connectivity index (χ4v) is 7.40. The van der Waals surface area contributed by atoms with Gasteiger partial charge in [-0.05, 0) is 81.0 Å². The molecule has 0 bridgehead atoms. The van der Waals surface area contributed by atoms with Gasteiger partial charge in [0.2, 0.25) is 0 Å². The van der Waals surface area contributed by atoms with Crippen LogP contribution in [0.15, 0.2) is 109 Å². The van der Waals surface area contributed by atoms with Gasteiger partial charge in [0, 0.05) is 23.5 Å². The molecule has 0 amide bonds. The van der Waals surface area contributed by atoms with Crippen LogP contribution in [0.3, 0.4) is 0 Å². The Hall–Kier alpha value is -5.36. The van der Waals surface area contributed by atoms with Crippen molar-refractivity contribution in [2.75, 3.05) is 9.80 Å². The quantitative estimate of drug-likeness (QED) is 0.128. The first kappa shape index (κ1) is 33.2. The minimum Gasteiger partial charge on any atom is -0.288 e. The van der Waals surface area contributed by atoms with E-state index < -0.39 is 0 Å². The van der Waals surface area contributed by atoms with Gasteiger partial charge in [0.15, 0.2) is 23.2 Å². The van der Waals surface area contributed by atoms with E-state index in [2.05, 4.69) is 102 Å². The molecule has 0 saturated carbocycles. The molecule has 1 aromatic heterocycles. The number of hydrogen-bond acceptors (Lipinski definition) is 6. The number of nitrogens with zero attached hydrogens (tertiary/aromatic N) is 4. The van der Waals surface area contributed by atoms with E-state index in [0.717, 1.165) is 28.0 Å². The average Bonchev–Trinajstić information content (AvgIpc) is 3.54. The maximum absolute atomic E-state index is 14.0. The number of Topliss-reactive ketones (excluding diaryl/α,β-unsaturated/α-hetero) is 2. The highest BCUT2D eigenvalue weighted by atomic mass is 16.2. The summed E-state index contributed by atoms with van der Waals surface area (Å²) in [5.74, 6) is 2.54. The first-order chi connectivity index (χ1) is 24.0. The molecule has 0 spiro atoms.